The number of hydrogen-bond donors (Lipinski definition) is 0. The second-order valence-electron chi connectivity index (χ2n) is 6.53. The Morgan fingerprint density at radius 1 is 1.10 bits per heavy atom. The number of fused-ring (bicyclic) bond motifs is 2. The van der Waals surface area contributed by atoms with Crippen LogP contribution in [0.4, 0.5) is 0 Å². The molecular weight excluding hydrogens is 384 g/mol. The minimum atomic E-state index is -0.674. The van der Waals surface area contributed by atoms with Gasteiger partial charge in [0.15, 0.2) is 5.49 Å². The predicted octanol–water partition coefficient (Wildman–Crippen LogP) is 2.10. The molecule has 150 valence electrons. The van der Waals surface area contributed by atoms with Crippen LogP contribution in [0, 0.1) is 0 Å². The van der Waals surface area contributed by atoms with Crippen molar-refractivity contribution in [3.05, 3.63) is 87.8 Å². The molecule has 30 heavy (non-hydrogen) atoms. The van der Waals surface area contributed by atoms with Crippen LogP contribution in [0.5, 0.6) is 0 Å². The van der Waals surface area contributed by atoms with E-state index in [2.05, 4.69) is 9.98 Å². The molecule has 1 amide bonds. The first-order valence-electron chi connectivity index (χ1n) is 9.33. The molecule has 0 N–H and O–H groups in total. The van der Waals surface area contributed by atoms with E-state index in [1.807, 2.05) is 0 Å². The highest BCUT2D eigenvalue weighted by atomic mass is 16.5. The third-order valence-electron chi connectivity index (χ3n) is 4.64. The molecule has 8 nitrogen and oxygen atoms in total. The average Bonchev–Trinajstić information content (AvgIpc) is 2.77. The Balaban J connectivity index is 2.08. The number of carbonyl (C=O) groups is 2. The number of esters is 1. The van der Waals surface area contributed by atoms with Crippen molar-refractivity contribution in [3.63, 3.8) is 0 Å². The lowest BCUT2D eigenvalue weighted by Crippen LogP contribution is -2.31. The Hall–Kier alpha value is -4.07. The second-order valence-corrected chi connectivity index (χ2v) is 6.53. The summed E-state index contributed by atoms with van der Waals surface area (Å²) >= 11 is 0. The largest absolute Gasteiger partial charge is 0.462 e. The zero-order chi connectivity index (χ0) is 21.3. The second kappa shape index (κ2) is 7.75. The quantitative estimate of drug-likeness (QED) is 0.386. The third-order valence-corrected chi connectivity index (χ3v) is 4.64. The molecule has 0 bridgehead atoms. The van der Waals surface area contributed by atoms with E-state index in [1.54, 1.807) is 68.7 Å². The maximum absolute atomic E-state index is 13.0. The highest BCUT2D eigenvalue weighted by Crippen LogP contribution is 2.10. The summed E-state index contributed by atoms with van der Waals surface area (Å²) in [5.74, 6) is -1.19. The minimum absolute atomic E-state index is 0.0194. The molecule has 0 fully saturated rings. The Morgan fingerprint density at radius 2 is 1.83 bits per heavy atom. The van der Waals surface area contributed by atoms with Crippen LogP contribution < -0.4 is 11.0 Å². The predicted molar refractivity (Wildman–Crippen MR) is 110 cm³/mol. The Kier molecular flexibility index (Phi) is 4.97. The van der Waals surface area contributed by atoms with Crippen LogP contribution in [0.25, 0.3) is 16.7 Å². The molecule has 4 aromatic rings. The first kappa shape index (κ1) is 19.3. The fourth-order valence-electron chi connectivity index (χ4n) is 3.20. The fraction of sp³-hybridized carbons (Fsp3) is 0.136. The maximum Gasteiger partial charge on any atom is 0.341 e. The first-order valence-corrected chi connectivity index (χ1v) is 9.33. The van der Waals surface area contributed by atoms with Crippen molar-refractivity contribution in [2.45, 2.75) is 6.92 Å². The number of benzene rings is 1. The Morgan fingerprint density at radius 3 is 2.57 bits per heavy atom. The average molecular weight is 402 g/mol. The van der Waals surface area contributed by atoms with Crippen LogP contribution in [-0.4, -0.2) is 32.4 Å². The normalized spacial score (nSPS) is 11.7. The van der Waals surface area contributed by atoms with Gasteiger partial charge in [0.2, 0.25) is 0 Å². The molecule has 0 aliphatic heterocycles. The fourth-order valence-corrected chi connectivity index (χ4v) is 3.20. The van der Waals surface area contributed by atoms with Gasteiger partial charge in [-0.05, 0) is 37.3 Å². The van der Waals surface area contributed by atoms with Crippen molar-refractivity contribution in [1.29, 1.82) is 0 Å². The molecule has 0 radical (unpaired) electrons. The van der Waals surface area contributed by atoms with E-state index < -0.39 is 11.9 Å². The van der Waals surface area contributed by atoms with Gasteiger partial charge in [-0.1, -0.05) is 24.3 Å². The zero-order valence-electron chi connectivity index (χ0n) is 16.4. The monoisotopic (exact) mass is 402 g/mol. The van der Waals surface area contributed by atoms with Crippen LogP contribution >= 0.6 is 0 Å². The lowest BCUT2D eigenvalue weighted by Gasteiger charge is -2.11. The molecule has 0 aliphatic carbocycles. The number of aromatic nitrogens is 3. The van der Waals surface area contributed by atoms with Crippen LogP contribution in [0.1, 0.15) is 27.6 Å². The van der Waals surface area contributed by atoms with E-state index in [0.29, 0.717) is 16.9 Å². The summed E-state index contributed by atoms with van der Waals surface area (Å²) in [6.07, 6.45) is 1.60. The van der Waals surface area contributed by atoms with E-state index in [-0.39, 0.29) is 28.6 Å². The number of aryl methyl sites for hydroxylation is 1. The van der Waals surface area contributed by atoms with Crippen molar-refractivity contribution in [1.82, 2.24) is 14.0 Å². The summed E-state index contributed by atoms with van der Waals surface area (Å²) in [6.45, 7) is 1.82. The summed E-state index contributed by atoms with van der Waals surface area (Å²) < 4.78 is 8.00. The van der Waals surface area contributed by atoms with Crippen molar-refractivity contribution >= 4 is 28.6 Å². The number of amides is 1. The Labute approximate surface area is 170 Å². The van der Waals surface area contributed by atoms with Crippen LogP contribution in [0.2, 0.25) is 0 Å². The highest BCUT2D eigenvalue weighted by Gasteiger charge is 2.18. The van der Waals surface area contributed by atoms with Gasteiger partial charge >= 0.3 is 5.97 Å². The van der Waals surface area contributed by atoms with Gasteiger partial charge in [-0.3, -0.25) is 14.0 Å². The van der Waals surface area contributed by atoms with Gasteiger partial charge in [-0.2, -0.15) is 4.99 Å². The molecule has 3 aromatic heterocycles. The lowest BCUT2D eigenvalue weighted by atomic mass is 10.2. The van der Waals surface area contributed by atoms with Gasteiger partial charge in [0.05, 0.1) is 12.0 Å². The number of pyridine rings is 2. The van der Waals surface area contributed by atoms with Gasteiger partial charge in [0.25, 0.3) is 11.5 Å². The van der Waals surface area contributed by atoms with Crippen LogP contribution in [0.15, 0.2) is 70.6 Å². The molecule has 0 spiro atoms. The van der Waals surface area contributed by atoms with Gasteiger partial charge in [0, 0.05) is 18.8 Å². The van der Waals surface area contributed by atoms with E-state index in [0.717, 1.165) is 0 Å². The third kappa shape index (κ3) is 3.28. The maximum atomic E-state index is 13.0. The molecule has 0 unspecified atom stereocenters. The van der Waals surface area contributed by atoms with E-state index >= 15 is 0 Å². The summed E-state index contributed by atoms with van der Waals surface area (Å²) in [5.41, 5.74) is 0.873. The van der Waals surface area contributed by atoms with Crippen molar-refractivity contribution < 1.29 is 14.3 Å². The number of carbonyl (C=O) groups excluding carboxylic acids is 2. The number of nitrogens with zero attached hydrogens (tertiary/aromatic N) is 4. The molecular formula is C22H18N4O4. The standard InChI is InChI=1S/C22H18N4O4/c1-3-30-22(29)16-13-15-18(23-17-11-7-8-12-26(17)21(15)28)25(2)19(16)24-20(27)14-9-5-4-6-10-14/h4-13H,3H2,1-2H3. The minimum Gasteiger partial charge on any atom is -0.462 e. The van der Waals surface area contributed by atoms with E-state index in [9.17, 15) is 14.4 Å². The summed E-state index contributed by atoms with van der Waals surface area (Å²) in [6, 6.07) is 15.1. The van der Waals surface area contributed by atoms with Gasteiger partial charge < -0.3 is 9.30 Å². The molecule has 0 saturated carbocycles. The molecule has 4 rings (SSSR count). The number of hydrogen-bond acceptors (Lipinski definition) is 5. The molecule has 1 aromatic carbocycles. The topological polar surface area (TPSA) is 95.0 Å². The van der Waals surface area contributed by atoms with Crippen molar-refractivity contribution in [2.75, 3.05) is 6.61 Å². The molecule has 3 heterocycles. The van der Waals surface area contributed by atoms with Crippen molar-refractivity contribution in [3.8, 4) is 0 Å². The summed E-state index contributed by atoms with van der Waals surface area (Å²) in [4.78, 5) is 47.0. The first-order chi connectivity index (χ1) is 14.5. The van der Waals surface area contributed by atoms with Crippen LogP contribution in [-0.2, 0) is 11.8 Å². The SMILES string of the molecule is CCOC(=O)c1cc2c(=O)n3ccccc3nc2n(C)c1=NC(=O)c1ccccc1. The van der Waals surface area contributed by atoms with Gasteiger partial charge in [-0.25, -0.2) is 9.78 Å². The Bertz CT molecular complexity index is 1420. The van der Waals surface area contributed by atoms with Crippen molar-refractivity contribution in [2.24, 2.45) is 12.0 Å². The molecule has 8 heteroatoms. The number of ether oxygens (including phenoxy) is 1. The molecule has 0 atom stereocenters. The molecule has 0 saturated heterocycles. The summed E-state index contributed by atoms with van der Waals surface area (Å²) in [5, 5.41) is 0.218. The smallest absolute Gasteiger partial charge is 0.341 e. The highest BCUT2D eigenvalue weighted by molar-refractivity contribution is 5.97. The summed E-state index contributed by atoms with van der Waals surface area (Å²) in [7, 11) is 1.61. The number of rotatable bonds is 3. The molecule has 0 aliphatic rings. The van der Waals surface area contributed by atoms with E-state index in [4.69, 9.17) is 4.74 Å². The van der Waals surface area contributed by atoms with Crippen LogP contribution in [0.3, 0.4) is 0 Å². The zero-order valence-corrected chi connectivity index (χ0v) is 16.4. The van der Waals surface area contributed by atoms with E-state index in [1.165, 1.54) is 15.0 Å². The lowest BCUT2D eigenvalue weighted by molar-refractivity contribution is 0.0523. The van der Waals surface area contributed by atoms with Gasteiger partial charge in [-0.15, -0.1) is 0 Å². The van der Waals surface area contributed by atoms with Gasteiger partial charge in [0.1, 0.15) is 16.9 Å².